The Morgan fingerprint density at radius 3 is 2.67 bits per heavy atom. The molecule has 0 fully saturated rings. The van der Waals surface area contributed by atoms with Crippen molar-refractivity contribution in [2.75, 3.05) is 0 Å². The number of H-pyrrole nitrogens is 1. The first-order valence-corrected chi connectivity index (χ1v) is 3.55. The van der Waals surface area contributed by atoms with Gasteiger partial charge in [0.15, 0.2) is 0 Å². The second-order valence-corrected chi connectivity index (χ2v) is 2.77. The molecule has 0 spiro atoms. The van der Waals surface area contributed by atoms with E-state index in [0.717, 1.165) is 11.0 Å². The van der Waals surface area contributed by atoms with Crippen LogP contribution in [0.2, 0.25) is 0 Å². The van der Waals surface area contributed by atoms with E-state index in [-0.39, 0.29) is 22.4 Å². The molecule has 0 aliphatic carbocycles. The van der Waals surface area contributed by atoms with Crippen molar-refractivity contribution in [3.8, 4) is 0 Å². The maximum atomic E-state index is 4.02. The SMILES string of the molecule is Cc1cc(C)c2n[nH]nc2c1.[Ag]. The second-order valence-electron chi connectivity index (χ2n) is 2.77. The summed E-state index contributed by atoms with van der Waals surface area (Å²) >= 11 is 0. The van der Waals surface area contributed by atoms with Crippen molar-refractivity contribution in [1.82, 2.24) is 15.4 Å². The Hall–Kier alpha value is -0.640. The number of aromatic nitrogens is 3. The van der Waals surface area contributed by atoms with Crippen molar-refractivity contribution in [3.63, 3.8) is 0 Å². The number of aryl methyl sites for hydroxylation is 2. The average molecular weight is 255 g/mol. The number of fused-ring (bicyclic) bond motifs is 1. The van der Waals surface area contributed by atoms with Gasteiger partial charge in [-0.3, -0.25) is 0 Å². The molecule has 2 aromatic rings. The Morgan fingerprint density at radius 2 is 1.92 bits per heavy atom. The molecular weight excluding hydrogens is 246 g/mol. The van der Waals surface area contributed by atoms with Crippen molar-refractivity contribution >= 4 is 11.0 Å². The molecule has 0 aliphatic rings. The summed E-state index contributed by atoms with van der Waals surface area (Å²) in [5.74, 6) is 0. The van der Waals surface area contributed by atoms with Gasteiger partial charge in [0.2, 0.25) is 0 Å². The Morgan fingerprint density at radius 1 is 1.17 bits per heavy atom. The Labute approximate surface area is 86.1 Å². The molecule has 1 aromatic carbocycles. The van der Waals surface area contributed by atoms with Gasteiger partial charge in [-0.05, 0) is 31.0 Å². The molecule has 3 nitrogen and oxygen atoms in total. The molecule has 0 bridgehead atoms. The van der Waals surface area contributed by atoms with Crippen LogP contribution < -0.4 is 0 Å². The van der Waals surface area contributed by atoms with Crippen molar-refractivity contribution in [1.29, 1.82) is 0 Å². The van der Waals surface area contributed by atoms with Gasteiger partial charge in [0.25, 0.3) is 0 Å². The number of hydrogen-bond donors (Lipinski definition) is 1. The van der Waals surface area contributed by atoms with Crippen molar-refractivity contribution in [2.24, 2.45) is 0 Å². The monoisotopic (exact) mass is 254 g/mol. The van der Waals surface area contributed by atoms with Gasteiger partial charge in [0, 0.05) is 22.4 Å². The summed E-state index contributed by atoms with van der Waals surface area (Å²) < 4.78 is 0. The maximum absolute atomic E-state index is 4.02. The van der Waals surface area contributed by atoms with E-state index in [1.807, 2.05) is 13.0 Å². The molecule has 1 N–H and O–H groups in total. The molecule has 0 aliphatic heterocycles. The minimum atomic E-state index is 0. The van der Waals surface area contributed by atoms with E-state index in [1.54, 1.807) is 0 Å². The Balaban J connectivity index is 0.000000720. The first-order valence-electron chi connectivity index (χ1n) is 3.55. The number of nitrogens with one attached hydrogen (secondary N) is 1. The summed E-state index contributed by atoms with van der Waals surface area (Å²) in [6.45, 7) is 4.10. The van der Waals surface area contributed by atoms with Gasteiger partial charge in [0.05, 0.1) is 0 Å². The van der Waals surface area contributed by atoms with Gasteiger partial charge in [-0.1, -0.05) is 6.07 Å². The van der Waals surface area contributed by atoms with Gasteiger partial charge >= 0.3 is 0 Å². The number of benzene rings is 1. The first kappa shape index (κ1) is 9.45. The van der Waals surface area contributed by atoms with Crippen molar-refractivity contribution < 1.29 is 22.4 Å². The quantitative estimate of drug-likeness (QED) is 0.726. The average Bonchev–Trinajstić information content (AvgIpc) is 2.34. The van der Waals surface area contributed by atoms with E-state index in [1.165, 1.54) is 11.1 Å². The topological polar surface area (TPSA) is 41.6 Å². The first-order chi connectivity index (χ1) is 5.27. The summed E-state index contributed by atoms with van der Waals surface area (Å²) in [6.07, 6.45) is 0. The molecule has 0 amide bonds. The molecule has 0 atom stereocenters. The standard InChI is InChI=1S/C8H9N3.Ag/c1-5-3-6(2)8-7(4-5)9-11-10-8;/h3-4H,1-2H3,(H,9,10,11);. The summed E-state index contributed by atoms with van der Waals surface area (Å²) in [6, 6.07) is 4.12. The van der Waals surface area contributed by atoms with Crippen LogP contribution in [0.15, 0.2) is 12.1 Å². The summed E-state index contributed by atoms with van der Waals surface area (Å²) in [4.78, 5) is 0. The predicted molar refractivity (Wildman–Crippen MR) is 43.4 cm³/mol. The fraction of sp³-hybridized carbons (Fsp3) is 0.250. The molecule has 0 saturated heterocycles. The number of rotatable bonds is 0. The second kappa shape index (κ2) is 3.39. The molecule has 1 aromatic heterocycles. The van der Waals surface area contributed by atoms with E-state index in [9.17, 15) is 0 Å². The van der Waals surface area contributed by atoms with Crippen LogP contribution >= 0.6 is 0 Å². The van der Waals surface area contributed by atoms with Gasteiger partial charge in [-0.15, -0.1) is 0 Å². The molecule has 4 heteroatoms. The minimum absolute atomic E-state index is 0. The molecular formula is C8H9AgN3. The van der Waals surface area contributed by atoms with E-state index in [4.69, 9.17) is 0 Å². The van der Waals surface area contributed by atoms with Crippen LogP contribution in [0.3, 0.4) is 0 Å². The van der Waals surface area contributed by atoms with Gasteiger partial charge in [-0.25, -0.2) is 0 Å². The predicted octanol–water partition coefficient (Wildman–Crippen LogP) is 1.57. The van der Waals surface area contributed by atoms with E-state index in [0.29, 0.717) is 0 Å². The van der Waals surface area contributed by atoms with Crippen LogP contribution in [0.1, 0.15) is 11.1 Å². The normalized spacial score (nSPS) is 9.83. The zero-order chi connectivity index (χ0) is 7.84. The van der Waals surface area contributed by atoms with Gasteiger partial charge < -0.3 is 0 Å². The van der Waals surface area contributed by atoms with Crippen LogP contribution in [0.4, 0.5) is 0 Å². The molecule has 12 heavy (non-hydrogen) atoms. The van der Waals surface area contributed by atoms with Crippen LogP contribution in [0, 0.1) is 13.8 Å². The largest absolute Gasteiger partial charge is 0.197 e. The number of hydrogen-bond acceptors (Lipinski definition) is 2. The van der Waals surface area contributed by atoms with Crippen LogP contribution in [0.25, 0.3) is 11.0 Å². The van der Waals surface area contributed by atoms with Gasteiger partial charge in [-0.2, -0.15) is 15.4 Å². The number of nitrogens with zero attached hydrogens (tertiary/aromatic N) is 2. The third-order valence-corrected chi connectivity index (χ3v) is 1.76. The van der Waals surface area contributed by atoms with Crippen LogP contribution in [0.5, 0.6) is 0 Å². The van der Waals surface area contributed by atoms with Gasteiger partial charge in [0.1, 0.15) is 11.0 Å². The molecule has 0 unspecified atom stereocenters. The molecule has 0 saturated carbocycles. The molecule has 1 radical (unpaired) electrons. The summed E-state index contributed by atoms with van der Waals surface area (Å²) in [5, 5.41) is 10.6. The fourth-order valence-electron chi connectivity index (χ4n) is 1.30. The minimum Gasteiger partial charge on any atom is -0.197 e. The zero-order valence-electron chi connectivity index (χ0n) is 6.85. The summed E-state index contributed by atoms with van der Waals surface area (Å²) in [5.41, 5.74) is 4.32. The van der Waals surface area contributed by atoms with E-state index >= 15 is 0 Å². The van der Waals surface area contributed by atoms with Crippen molar-refractivity contribution in [2.45, 2.75) is 13.8 Å². The van der Waals surface area contributed by atoms with E-state index in [2.05, 4.69) is 28.4 Å². The molecule has 2 rings (SSSR count). The molecule has 1 heterocycles. The number of aromatic amines is 1. The van der Waals surface area contributed by atoms with E-state index < -0.39 is 0 Å². The smallest absolute Gasteiger partial charge is 0.115 e. The third kappa shape index (κ3) is 1.43. The summed E-state index contributed by atoms with van der Waals surface area (Å²) in [7, 11) is 0. The fourth-order valence-corrected chi connectivity index (χ4v) is 1.30. The van der Waals surface area contributed by atoms with Crippen LogP contribution in [-0.2, 0) is 22.4 Å². The maximum Gasteiger partial charge on any atom is 0.115 e. The van der Waals surface area contributed by atoms with Crippen LogP contribution in [-0.4, -0.2) is 15.4 Å². The Kier molecular flexibility index (Phi) is 2.67. The van der Waals surface area contributed by atoms with Crippen molar-refractivity contribution in [3.05, 3.63) is 23.3 Å². The Bertz CT molecular complexity index is 394. The molecule has 67 valence electrons. The zero-order valence-corrected chi connectivity index (χ0v) is 8.33. The third-order valence-electron chi connectivity index (χ3n) is 1.76.